The second kappa shape index (κ2) is 8.31. The molecule has 2 atom stereocenters. The summed E-state index contributed by atoms with van der Waals surface area (Å²) in [5.74, 6) is -2.31. The molecular formula is C23H22F2N4O2. The number of carbonyl (C=O) groups is 2. The molecule has 1 fully saturated rings. The quantitative estimate of drug-likeness (QED) is 0.513. The van der Waals surface area contributed by atoms with Crippen molar-refractivity contribution in [1.82, 2.24) is 5.32 Å². The lowest BCUT2D eigenvalue weighted by Crippen LogP contribution is -2.44. The topological polar surface area (TPSA) is 96.2 Å². The molecule has 31 heavy (non-hydrogen) atoms. The fourth-order valence-electron chi connectivity index (χ4n) is 3.91. The fourth-order valence-corrected chi connectivity index (χ4v) is 3.91. The summed E-state index contributed by atoms with van der Waals surface area (Å²) in [4.78, 5) is 24.7. The molecular weight excluding hydrogens is 402 g/mol. The molecule has 0 bridgehead atoms. The molecule has 8 heteroatoms. The summed E-state index contributed by atoms with van der Waals surface area (Å²) < 4.78 is 26.8. The zero-order chi connectivity index (χ0) is 22.0. The third kappa shape index (κ3) is 4.20. The van der Waals surface area contributed by atoms with Crippen LogP contribution in [-0.4, -0.2) is 23.9 Å². The van der Waals surface area contributed by atoms with Gasteiger partial charge in [-0.3, -0.25) is 14.9 Å². The van der Waals surface area contributed by atoms with Crippen molar-refractivity contribution in [2.45, 2.75) is 18.4 Å². The van der Waals surface area contributed by atoms with Gasteiger partial charge >= 0.3 is 0 Å². The van der Waals surface area contributed by atoms with Crippen molar-refractivity contribution in [3.63, 3.8) is 0 Å². The summed E-state index contributed by atoms with van der Waals surface area (Å²) in [5, 5.41) is 9.01. The Morgan fingerprint density at radius 3 is 2.19 bits per heavy atom. The predicted molar refractivity (Wildman–Crippen MR) is 114 cm³/mol. The highest BCUT2D eigenvalue weighted by Gasteiger charge is 2.45. The number of fused-ring (bicyclic) bond motifs is 1. The van der Waals surface area contributed by atoms with E-state index in [1.54, 1.807) is 36.4 Å². The molecule has 4 rings (SSSR count). The van der Waals surface area contributed by atoms with Crippen LogP contribution in [0.25, 0.3) is 0 Å². The van der Waals surface area contributed by atoms with Crippen LogP contribution in [0.5, 0.6) is 0 Å². The summed E-state index contributed by atoms with van der Waals surface area (Å²) in [6.07, 6.45) is 4.55. The van der Waals surface area contributed by atoms with E-state index in [4.69, 9.17) is 5.73 Å². The molecule has 2 unspecified atom stereocenters. The van der Waals surface area contributed by atoms with Crippen LogP contribution in [0, 0.1) is 17.6 Å². The monoisotopic (exact) mass is 424 g/mol. The number of nitrogens with two attached hydrogens (primary N) is 1. The summed E-state index contributed by atoms with van der Waals surface area (Å²) in [7, 11) is 0. The first kappa shape index (κ1) is 20.7. The first-order valence-corrected chi connectivity index (χ1v) is 9.97. The molecule has 1 aliphatic heterocycles. The Labute approximate surface area is 178 Å². The van der Waals surface area contributed by atoms with Crippen molar-refractivity contribution in [3.05, 3.63) is 83.6 Å². The molecule has 2 aromatic rings. The first-order chi connectivity index (χ1) is 14.9. The highest BCUT2D eigenvalue weighted by Crippen LogP contribution is 2.39. The number of nitrogens with one attached hydrogen (secondary N) is 3. The van der Waals surface area contributed by atoms with E-state index in [9.17, 15) is 18.4 Å². The van der Waals surface area contributed by atoms with Crippen molar-refractivity contribution in [1.29, 1.82) is 0 Å². The third-order valence-corrected chi connectivity index (χ3v) is 5.44. The average Bonchev–Trinajstić information content (AvgIpc) is 3.02. The highest BCUT2D eigenvalue weighted by atomic mass is 19.1. The Morgan fingerprint density at radius 2 is 1.58 bits per heavy atom. The van der Waals surface area contributed by atoms with Gasteiger partial charge in [-0.2, -0.15) is 0 Å². The molecule has 0 saturated carbocycles. The molecule has 1 heterocycles. The van der Waals surface area contributed by atoms with Crippen LogP contribution in [0.4, 0.5) is 20.2 Å². The van der Waals surface area contributed by atoms with Crippen molar-refractivity contribution in [2.75, 3.05) is 17.2 Å². The second-order valence-corrected chi connectivity index (χ2v) is 7.60. The second-order valence-electron chi connectivity index (χ2n) is 7.60. The summed E-state index contributed by atoms with van der Waals surface area (Å²) in [6.45, 7) is 0.411. The predicted octanol–water partition coefficient (Wildman–Crippen LogP) is 3.06. The number of benzene rings is 2. The van der Waals surface area contributed by atoms with Gasteiger partial charge in [-0.05, 0) is 80.1 Å². The van der Waals surface area contributed by atoms with Gasteiger partial charge in [-0.15, -0.1) is 0 Å². The molecule has 2 aliphatic rings. The maximum atomic E-state index is 13.4. The lowest BCUT2D eigenvalue weighted by Gasteiger charge is -2.39. The van der Waals surface area contributed by atoms with Crippen LogP contribution >= 0.6 is 0 Å². The number of halogens is 2. The zero-order valence-corrected chi connectivity index (χ0v) is 16.6. The van der Waals surface area contributed by atoms with E-state index in [1.807, 2.05) is 0 Å². The van der Waals surface area contributed by atoms with Gasteiger partial charge in [-0.1, -0.05) is 0 Å². The minimum absolute atomic E-state index is 0.348. The SMILES string of the molecule is NCCCC1(Nc2ccc(F)cc2)C=C2C(=O)NC(=O)C2C=C1Nc1ccc(F)cc1. The lowest BCUT2D eigenvalue weighted by atomic mass is 9.78. The van der Waals surface area contributed by atoms with Crippen LogP contribution in [0.1, 0.15) is 12.8 Å². The number of hydrogen-bond donors (Lipinski definition) is 4. The molecule has 5 N–H and O–H groups in total. The molecule has 0 radical (unpaired) electrons. The van der Waals surface area contributed by atoms with Gasteiger partial charge in [0, 0.05) is 22.6 Å². The smallest absolute Gasteiger partial charge is 0.254 e. The van der Waals surface area contributed by atoms with Gasteiger partial charge in [0.1, 0.15) is 11.6 Å². The minimum atomic E-state index is -0.917. The summed E-state index contributed by atoms with van der Waals surface area (Å²) in [6, 6.07) is 11.7. The van der Waals surface area contributed by atoms with E-state index >= 15 is 0 Å². The van der Waals surface area contributed by atoms with Gasteiger partial charge in [-0.25, -0.2) is 8.78 Å². The minimum Gasteiger partial charge on any atom is -0.371 e. The molecule has 6 nitrogen and oxygen atoms in total. The molecule has 0 spiro atoms. The van der Waals surface area contributed by atoms with Crippen molar-refractivity contribution >= 4 is 23.2 Å². The normalized spacial score (nSPS) is 22.4. The number of hydrogen-bond acceptors (Lipinski definition) is 5. The van der Waals surface area contributed by atoms with Crippen molar-refractivity contribution in [3.8, 4) is 0 Å². The van der Waals surface area contributed by atoms with Gasteiger partial charge in [0.2, 0.25) is 5.91 Å². The summed E-state index contributed by atoms with van der Waals surface area (Å²) in [5.41, 5.74) is 7.08. The van der Waals surface area contributed by atoms with Gasteiger partial charge < -0.3 is 16.4 Å². The highest BCUT2D eigenvalue weighted by molar-refractivity contribution is 6.16. The molecule has 1 aliphatic carbocycles. The Bertz CT molecular complexity index is 1060. The lowest BCUT2D eigenvalue weighted by molar-refractivity contribution is -0.125. The zero-order valence-electron chi connectivity index (χ0n) is 16.6. The van der Waals surface area contributed by atoms with Gasteiger partial charge in [0.05, 0.1) is 11.5 Å². The maximum Gasteiger partial charge on any atom is 0.254 e. The number of carbonyl (C=O) groups excluding carboxylic acids is 2. The largest absolute Gasteiger partial charge is 0.371 e. The van der Waals surface area contributed by atoms with Crippen molar-refractivity contribution < 1.29 is 18.4 Å². The van der Waals surface area contributed by atoms with Crippen LogP contribution < -0.4 is 21.7 Å². The van der Waals surface area contributed by atoms with Crippen molar-refractivity contribution in [2.24, 2.45) is 11.7 Å². The number of amides is 2. The number of rotatable bonds is 7. The molecule has 160 valence electrons. The van der Waals surface area contributed by atoms with Gasteiger partial charge in [0.15, 0.2) is 0 Å². The van der Waals surface area contributed by atoms with E-state index in [2.05, 4.69) is 16.0 Å². The van der Waals surface area contributed by atoms with Crippen LogP contribution in [0.3, 0.4) is 0 Å². The molecule has 2 amide bonds. The van der Waals surface area contributed by atoms with E-state index in [0.29, 0.717) is 42.0 Å². The van der Waals surface area contributed by atoms with E-state index in [1.165, 1.54) is 24.3 Å². The van der Waals surface area contributed by atoms with E-state index in [0.717, 1.165) is 0 Å². The molecule has 0 aromatic heterocycles. The van der Waals surface area contributed by atoms with Crippen LogP contribution in [0.15, 0.2) is 72.0 Å². The van der Waals surface area contributed by atoms with Crippen LogP contribution in [0.2, 0.25) is 0 Å². The van der Waals surface area contributed by atoms with E-state index in [-0.39, 0.29) is 11.6 Å². The number of anilines is 2. The Kier molecular flexibility index (Phi) is 5.56. The van der Waals surface area contributed by atoms with Crippen LogP contribution in [-0.2, 0) is 9.59 Å². The third-order valence-electron chi connectivity index (χ3n) is 5.44. The molecule has 1 saturated heterocycles. The molecule has 2 aromatic carbocycles. The Hall–Kier alpha value is -3.52. The van der Waals surface area contributed by atoms with Gasteiger partial charge in [0.25, 0.3) is 5.91 Å². The number of imide groups is 1. The van der Waals surface area contributed by atoms with E-state index < -0.39 is 23.3 Å². The fraction of sp³-hybridized carbons (Fsp3) is 0.217. The standard InChI is InChI=1S/C23H22F2N4O2/c24-14-2-6-16(7-3-14)27-20-12-18-19(22(31)28-21(18)30)13-23(20,10-1-11-26)29-17-8-4-15(25)5-9-17/h2-9,12-13,18,27,29H,1,10-11,26H2,(H,28,30,31). The Morgan fingerprint density at radius 1 is 0.968 bits per heavy atom. The maximum absolute atomic E-state index is 13.4. The first-order valence-electron chi connectivity index (χ1n) is 9.97. The Balaban J connectivity index is 1.79. The average molecular weight is 424 g/mol. The summed E-state index contributed by atoms with van der Waals surface area (Å²) >= 11 is 0.